The van der Waals surface area contributed by atoms with Crippen LogP contribution in [0.5, 0.6) is 17.2 Å². The zero-order chi connectivity index (χ0) is 16.4. The summed E-state index contributed by atoms with van der Waals surface area (Å²) in [5.74, 6) is 1.66. The van der Waals surface area contributed by atoms with E-state index in [0.717, 1.165) is 5.56 Å². The molecular formula is C17H16ClNO4. The van der Waals surface area contributed by atoms with Gasteiger partial charge in [0.1, 0.15) is 5.75 Å². The minimum atomic E-state index is -0.653. The molecule has 0 aromatic heterocycles. The van der Waals surface area contributed by atoms with Crippen molar-refractivity contribution in [2.24, 2.45) is 0 Å². The van der Waals surface area contributed by atoms with E-state index in [4.69, 9.17) is 25.8 Å². The molecule has 0 saturated carbocycles. The van der Waals surface area contributed by atoms with Crippen molar-refractivity contribution in [2.45, 2.75) is 20.0 Å². The molecule has 5 nitrogen and oxygen atoms in total. The van der Waals surface area contributed by atoms with E-state index in [-0.39, 0.29) is 12.7 Å². The third-order valence-corrected chi connectivity index (χ3v) is 3.69. The Morgan fingerprint density at radius 1 is 1.22 bits per heavy atom. The van der Waals surface area contributed by atoms with Gasteiger partial charge in [-0.05, 0) is 49.7 Å². The summed E-state index contributed by atoms with van der Waals surface area (Å²) in [4.78, 5) is 12.3. The van der Waals surface area contributed by atoms with Crippen LogP contribution in [0.3, 0.4) is 0 Å². The van der Waals surface area contributed by atoms with Crippen molar-refractivity contribution in [3.63, 3.8) is 0 Å². The number of halogens is 1. The zero-order valence-electron chi connectivity index (χ0n) is 12.8. The number of anilines is 1. The van der Waals surface area contributed by atoms with Gasteiger partial charge in [-0.1, -0.05) is 11.6 Å². The van der Waals surface area contributed by atoms with Gasteiger partial charge in [-0.15, -0.1) is 0 Å². The van der Waals surface area contributed by atoms with Crippen molar-refractivity contribution in [3.8, 4) is 17.2 Å². The van der Waals surface area contributed by atoms with Crippen molar-refractivity contribution < 1.29 is 19.0 Å². The third kappa shape index (κ3) is 3.51. The standard InChI is InChI=1S/C17H16ClNO4/c1-10-7-12(18)3-5-14(10)23-11(2)17(20)19-13-4-6-15-16(8-13)22-9-21-15/h3-8,11H,9H2,1-2H3,(H,19,20)/t11-/m0/s1. The maximum atomic E-state index is 12.3. The molecule has 0 radical (unpaired) electrons. The lowest BCUT2D eigenvalue weighted by Gasteiger charge is -2.16. The van der Waals surface area contributed by atoms with Gasteiger partial charge < -0.3 is 19.5 Å². The molecule has 0 aliphatic carbocycles. The molecule has 0 fully saturated rings. The lowest BCUT2D eigenvalue weighted by Crippen LogP contribution is -2.30. The Morgan fingerprint density at radius 3 is 2.78 bits per heavy atom. The van der Waals surface area contributed by atoms with Gasteiger partial charge >= 0.3 is 0 Å². The second-order valence-electron chi connectivity index (χ2n) is 5.23. The smallest absolute Gasteiger partial charge is 0.265 e. The van der Waals surface area contributed by atoms with Gasteiger partial charge in [-0.3, -0.25) is 4.79 Å². The Hall–Kier alpha value is -2.40. The monoisotopic (exact) mass is 333 g/mol. The third-order valence-electron chi connectivity index (χ3n) is 3.45. The molecule has 1 amide bonds. The number of rotatable bonds is 4. The number of hydrogen-bond donors (Lipinski definition) is 1. The largest absolute Gasteiger partial charge is 0.481 e. The predicted octanol–water partition coefficient (Wildman–Crippen LogP) is 3.78. The predicted molar refractivity (Wildman–Crippen MR) is 87.5 cm³/mol. The van der Waals surface area contributed by atoms with E-state index in [1.807, 2.05) is 6.92 Å². The fraction of sp³-hybridized carbons (Fsp3) is 0.235. The molecule has 0 saturated heterocycles. The van der Waals surface area contributed by atoms with E-state index in [0.29, 0.717) is 28.0 Å². The van der Waals surface area contributed by atoms with Crippen molar-refractivity contribution in [1.29, 1.82) is 0 Å². The average Bonchev–Trinajstić information content (AvgIpc) is 2.97. The van der Waals surface area contributed by atoms with E-state index in [9.17, 15) is 4.79 Å². The molecule has 0 unspecified atom stereocenters. The SMILES string of the molecule is Cc1cc(Cl)ccc1O[C@@H](C)C(=O)Nc1ccc2c(c1)OCO2. The van der Waals surface area contributed by atoms with E-state index < -0.39 is 6.10 Å². The maximum absolute atomic E-state index is 12.3. The highest BCUT2D eigenvalue weighted by atomic mass is 35.5. The van der Waals surface area contributed by atoms with E-state index >= 15 is 0 Å². The van der Waals surface area contributed by atoms with Crippen LogP contribution in [0.2, 0.25) is 5.02 Å². The fourth-order valence-corrected chi connectivity index (χ4v) is 2.43. The van der Waals surface area contributed by atoms with Gasteiger partial charge in [0.2, 0.25) is 6.79 Å². The topological polar surface area (TPSA) is 56.8 Å². The van der Waals surface area contributed by atoms with Crippen LogP contribution in [0, 0.1) is 6.92 Å². The number of carbonyl (C=O) groups excluding carboxylic acids is 1. The Balaban J connectivity index is 1.65. The van der Waals surface area contributed by atoms with Gasteiger partial charge in [0.15, 0.2) is 17.6 Å². The molecule has 2 aromatic carbocycles. The lowest BCUT2D eigenvalue weighted by atomic mass is 10.2. The summed E-state index contributed by atoms with van der Waals surface area (Å²) in [6.45, 7) is 3.77. The number of benzene rings is 2. The summed E-state index contributed by atoms with van der Waals surface area (Å²) in [5.41, 5.74) is 1.50. The second-order valence-corrected chi connectivity index (χ2v) is 5.66. The van der Waals surface area contributed by atoms with Crippen LogP contribution in [0.4, 0.5) is 5.69 Å². The highest BCUT2D eigenvalue weighted by Gasteiger charge is 2.18. The van der Waals surface area contributed by atoms with Crippen LogP contribution in [0.15, 0.2) is 36.4 Å². The highest BCUT2D eigenvalue weighted by Crippen LogP contribution is 2.34. The first-order chi connectivity index (χ1) is 11.0. The Kier molecular flexibility index (Phi) is 4.30. The summed E-state index contributed by atoms with van der Waals surface area (Å²) >= 11 is 5.91. The molecule has 0 spiro atoms. The van der Waals surface area contributed by atoms with Gasteiger partial charge in [-0.25, -0.2) is 0 Å². The van der Waals surface area contributed by atoms with Crippen LogP contribution in [0.1, 0.15) is 12.5 Å². The molecule has 1 N–H and O–H groups in total. The maximum Gasteiger partial charge on any atom is 0.265 e. The summed E-state index contributed by atoms with van der Waals surface area (Å²) < 4.78 is 16.2. The summed E-state index contributed by atoms with van der Waals surface area (Å²) in [6.07, 6.45) is -0.653. The number of fused-ring (bicyclic) bond motifs is 1. The van der Waals surface area contributed by atoms with Crippen LogP contribution in [-0.4, -0.2) is 18.8 Å². The highest BCUT2D eigenvalue weighted by molar-refractivity contribution is 6.30. The van der Waals surface area contributed by atoms with E-state index in [1.54, 1.807) is 43.3 Å². The van der Waals surface area contributed by atoms with Crippen molar-refractivity contribution in [1.82, 2.24) is 0 Å². The summed E-state index contributed by atoms with van der Waals surface area (Å²) in [7, 11) is 0. The lowest BCUT2D eigenvalue weighted by molar-refractivity contribution is -0.122. The number of nitrogens with one attached hydrogen (secondary N) is 1. The Morgan fingerprint density at radius 2 is 2.00 bits per heavy atom. The van der Waals surface area contributed by atoms with Gasteiger partial charge in [0, 0.05) is 16.8 Å². The van der Waals surface area contributed by atoms with Gasteiger partial charge in [0.25, 0.3) is 5.91 Å². The molecule has 1 aliphatic rings. The normalized spacial score (nSPS) is 13.5. The molecular weight excluding hydrogens is 318 g/mol. The second kappa shape index (κ2) is 6.38. The molecule has 1 atom stereocenters. The molecule has 23 heavy (non-hydrogen) atoms. The quantitative estimate of drug-likeness (QED) is 0.925. The first-order valence-electron chi connectivity index (χ1n) is 7.16. The van der Waals surface area contributed by atoms with Crippen LogP contribution >= 0.6 is 11.6 Å². The molecule has 6 heteroatoms. The van der Waals surface area contributed by atoms with E-state index in [2.05, 4.69) is 5.32 Å². The summed E-state index contributed by atoms with van der Waals surface area (Å²) in [5, 5.41) is 3.43. The first-order valence-corrected chi connectivity index (χ1v) is 7.54. The fourth-order valence-electron chi connectivity index (χ4n) is 2.21. The van der Waals surface area contributed by atoms with Crippen LogP contribution in [-0.2, 0) is 4.79 Å². The summed E-state index contributed by atoms with van der Waals surface area (Å²) in [6, 6.07) is 10.5. The number of hydrogen-bond acceptors (Lipinski definition) is 4. The van der Waals surface area contributed by atoms with Gasteiger partial charge in [-0.2, -0.15) is 0 Å². The first kappa shape index (κ1) is 15.5. The van der Waals surface area contributed by atoms with Gasteiger partial charge in [0.05, 0.1) is 0 Å². The minimum absolute atomic E-state index is 0.197. The van der Waals surface area contributed by atoms with Crippen LogP contribution < -0.4 is 19.5 Å². The molecule has 2 aromatic rings. The molecule has 0 bridgehead atoms. The number of carbonyl (C=O) groups is 1. The van der Waals surface area contributed by atoms with E-state index in [1.165, 1.54) is 0 Å². The zero-order valence-corrected chi connectivity index (χ0v) is 13.5. The van der Waals surface area contributed by atoms with Crippen molar-refractivity contribution in [2.75, 3.05) is 12.1 Å². The number of aryl methyl sites for hydroxylation is 1. The molecule has 120 valence electrons. The van der Waals surface area contributed by atoms with Crippen LogP contribution in [0.25, 0.3) is 0 Å². The molecule has 1 heterocycles. The molecule has 1 aliphatic heterocycles. The average molecular weight is 334 g/mol. The van der Waals surface area contributed by atoms with Crippen molar-refractivity contribution in [3.05, 3.63) is 47.0 Å². The van der Waals surface area contributed by atoms with Crippen molar-refractivity contribution >= 4 is 23.2 Å². The number of ether oxygens (including phenoxy) is 3. The Bertz CT molecular complexity index is 747. The molecule has 3 rings (SSSR count). The number of amides is 1. The Labute approximate surface area is 139 Å². The minimum Gasteiger partial charge on any atom is -0.481 e.